The quantitative estimate of drug-likeness (QED) is 0.326. The predicted molar refractivity (Wildman–Crippen MR) is 142 cm³/mol. The summed E-state index contributed by atoms with van der Waals surface area (Å²) >= 11 is 3.18. The Kier molecular flexibility index (Phi) is 6.59. The smallest absolute Gasteiger partial charge is 0.234 e. The first-order valence-corrected chi connectivity index (χ1v) is 12.6. The minimum atomic E-state index is -0.0224. The Bertz CT molecular complexity index is 1200. The lowest BCUT2D eigenvalue weighted by Gasteiger charge is -2.26. The van der Waals surface area contributed by atoms with E-state index in [1.807, 2.05) is 18.9 Å². The van der Waals surface area contributed by atoms with Crippen LogP contribution < -0.4 is 5.32 Å². The number of aromatic nitrogens is 2. The summed E-state index contributed by atoms with van der Waals surface area (Å²) in [5.74, 6) is 0.628. The Morgan fingerprint density at radius 3 is 2.30 bits per heavy atom. The second kappa shape index (κ2) is 9.27. The molecule has 1 aliphatic heterocycles. The zero-order chi connectivity index (χ0) is 23.8. The zero-order valence-corrected chi connectivity index (χ0v) is 21.8. The van der Waals surface area contributed by atoms with Crippen molar-refractivity contribution in [2.75, 3.05) is 5.32 Å². The van der Waals surface area contributed by atoms with Gasteiger partial charge >= 0.3 is 0 Å². The Hall–Kier alpha value is -2.71. The van der Waals surface area contributed by atoms with Crippen molar-refractivity contribution in [3.05, 3.63) is 69.7 Å². The Morgan fingerprint density at radius 1 is 0.970 bits per heavy atom. The number of rotatable bonds is 3. The van der Waals surface area contributed by atoms with E-state index < -0.39 is 0 Å². The third kappa shape index (κ3) is 5.45. The molecular weight excluding hydrogens is 448 g/mol. The van der Waals surface area contributed by atoms with E-state index >= 15 is 0 Å². The number of hydrogen-bond donors (Lipinski definition) is 1. The van der Waals surface area contributed by atoms with Crippen molar-refractivity contribution in [1.82, 2.24) is 15.2 Å². The Labute approximate surface area is 204 Å². The number of anilines is 1. The molecule has 0 fully saturated rings. The molecule has 33 heavy (non-hydrogen) atoms. The number of hydrogen-bond acceptors (Lipinski definition) is 6. The van der Waals surface area contributed by atoms with Crippen LogP contribution in [0, 0.1) is 20.8 Å². The zero-order valence-electron chi connectivity index (χ0n) is 20.2. The fraction of sp³-hybridized carbons (Fsp3) is 0.360. The van der Waals surface area contributed by atoms with Crippen molar-refractivity contribution >= 4 is 44.9 Å². The molecular formula is C25H30N6S2. The van der Waals surface area contributed by atoms with Crippen LogP contribution in [0.4, 0.5) is 10.8 Å². The van der Waals surface area contributed by atoms with E-state index in [0.29, 0.717) is 11.1 Å². The molecule has 8 heteroatoms. The van der Waals surface area contributed by atoms with Crippen molar-refractivity contribution in [2.45, 2.75) is 59.3 Å². The molecule has 172 valence electrons. The van der Waals surface area contributed by atoms with Crippen LogP contribution >= 0.6 is 23.1 Å². The van der Waals surface area contributed by atoms with Crippen molar-refractivity contribution in [3.63, 3.8) is 0 Å². The minimum absolute atomic E-state index is 0.0224. The summed E-state index contributed by atoms with van der Waals surface area (Å²) in [5, 5.41) is 21.1. The molecule has 4 rings (SSSR count). The van der Waals surface area contributed by atoms with Crippen LogP contribution in [0.25, 0.3) is 0 Å². The van der Waals surface area contributed by atoms with Gasteiger partial charge in [-0.3, -0.25) is 0 Å². The Balaban J connectivity index is 1.72. The van der Waals surface area contributed by atoms with Gasteiger partial charge in [-0.1, -0.05) is 74.2 Å². The Morgan fingerprint density at radius 2 is 1.70 bits per heavy atom. The largest absolute Gasteiger partial charge is 0.324 e. The first kappa shape index (κ1) is 23.4. The van der Waals surface area contributed by atoms with Gasteiger partial charge in [-0.05, 0) is 67.5 Å². The highest BCUT2D eigenvalue weighted by molar-refractivity contribution is 8.14. The summed E-state index contributed by atoms with van der Waals surface area (Å²) in [6.45, 7) is 14.9. The molecule has 1 aliphatic rings. The predicted octanol–water partition coefficient (Wildman–Crippen LogP) is 6.94. The molecule has 0 saturated heterocycles. The van der Waals surface area contributed by atoms with Crippen LogP contribution in [0.3, 0.4) is 0 Å². The topological polar surface area (TPSA) is 65.8 Å². The van der Waals surface area contributed by atoms with Crippen molar-refractivity contribution < 1.29 is 0 Å². The van der Waals surface area contributed by atoms with Crippen molar-refractivity contribution in [3.8, 4) is 0 Å². The summed E-state index contributed by atoms with van der Waals surface area (Å²) < 4.78 is 0. The van der Waals surface area contributed by atoms with Gasteiger partial charge in [0, 0.05) is 5.69 Å². The van der Waals surface area contributed by atoms with Crippen LogP contribution in [0.5, 0.6) is 0 Å². The standard InChI is InChI=1S/C25H30N6S2/c1-15-8-13-21(14-16(15)2)26-23(27-24-29-28-17(3)33-24)31-22(32-18(4)30-31)19-9-11-20(12-10-19)25(5,6)7/h8-14,22H,1-7H3,(H,26,27,29). The van der Waals surface area contributed by atoms with Gasteiger partial charge in [-0.15, -0.1) is 10.2 Å². The van der Waals surface area contributed by atoms with Gasteiger partial charge < -0.3 is 5.32 Å². The van der Waals surface area contributed by atoms with Gasteiger partial charge in [-0.2, -0.15) is 10.1 Å². The van der Waals surface area contributed by atoms with Crippen LogP contribution in [0.15, 0.2) is 52.6 Å². The van der Waals surface area contributed by atoms with E-state index in [4.69, 9.17) is 10.1 Å². The molecule has 1 aromatic heterocycles. The first-order valence-electron chi connectivity index (χ1n) is 10.9. The monoisotopic (exact) mass is 478 g/mol. The molecule has 0 bridgehead atoms. The number of aliphatic imine (C=N–C) groups is 1. The molecule has 1 unspecified atom stereocenters. The average molecular weight is 479 g/mol. The molecule has 1 N–H and O–H groups in total. The average Bonchev–Trinajstić information content (AvgIpc) is 3.35. The summed E-state index contributed by atoms with van der Waals surface area (Å²) in [7, 11) is 0. The second-order valence-electron chi connectivity index (χ2n) is 9.27. The third-order valence-electron chi connectivity index (χ3n) is 5.51. The van der Waals surface area contributed by atoms with Gasteiger partial charge in [0.05, 0.1) is 5.04 Å². The number of hydrazone groups is 1. The van der Waals surface area contributed by atoms with Gasteiger partial charge in [0.2, 0.25) is 11.1 Å². The van der Waals surface area contributed by atoms with E-state index in [9.17, 15) is 0 Å². The number of thioether (sulfide) groups is 1. The van der Waals surface area contributed by atoms with Crippen LogP contribution in [-0.2, 0) is 5.41 Å². The van der Waals surface area contributed by atoms with E-state index in [2.05, 4.69) is 92.6 Å². The SMILES string of the molecule is CC1=NN(C(=Nc2nnc(C)s2)Nc2ccc(C)c(C)c2)C(c2ccc(C(C)(C)C)cc2)S1. The maximum absolute atomic E-state index is 4.83. The number of nitrogens with one attached hydrogen (secondary N) is 1. The normalized spacial score (nSPS) is 16.8. The molecule has 0 aliphatic carbocycles. The maximum Gasteiger partial charge on any atom is 0.234 e. The van der Waals surface area contributed by atoms with E-state index in [0.717, 1.165) is 15.7 Å². The number of aryl methyl sites for hydroxylation is 3. The highest BCUT2D eigenvalue weighted by Crippen LogP contribution is 2.40. The summed E-state index contributed by atoms with van der Waals surface area (Å²) in [6, 6.07) is 15.1. The fourth-order valence-electron chi connectivity index (χ4n) is 3.46. The molecule has 1 atom stereocenters. The molecule has 0 radical (unpaired) electrons. The molecule has 0 saturated carbocycles. The highest BCUT2D eigenvalue weighted by Gasteiger charge is 2.31. The van der Waals surface area contributed by atoms with Gasteiger partial charge in [0.1, 0.15) is 10.4 Å². The van der Waals surface area contributed by atoms with E-state index in [1.165, 1.54) is 33.6 Å². The summed E-state index contributed by atoms with van der Waals surface area (Å²) in [6.07, 6.45) is 0. The van der Waals surface area contributed by atoms with E-state index in [1.54, 1.807) is 11.8 Å². The lowest BCUT2D eigenvalue weighted by Crippen LogP contribution is -2.32. The van der Waals surface area contributed by atoms with Gasteiger partial charge in [-0.25, -0.2) is 5.01 Å². The summed E-state index contributed by atoms with van der Waals surface area (Å²) in [5.41, 5.74) is 6.03. The van der Waals surface area contributed by atoms with Crippen LogP contribution in [0.2, 0.25) is 0 Å². The third-order valence-corrected chi connectivity index (χ3v) is 7.36. The number of guanidine groups is 1. The van der Waals surface area contributed by atoms with E-state index in [-0.39, 0.29) is 10.8 Å². The minimum Gasteiger partial charge on any atom is -0.324 e. The fourth-order valence-corrected chi connectivity index (χ4v) is 5.02. The number of nitrogens with zero attached hydrogens (tertiary/aromatic N) is 5. The highest BCUT2D eigenvalue weighted by atomic mass is 32.2. The lowest BCUT2D eigenvalue weighted by atomic mass is 9.87. The molecule has 0 amide bonds. The van der Waals surface area contributed by atoms with Gasteiger partial charge in [0.25, 0.3) is 0 Å². The molecule has 2 heterocycles. The second-order valence-corrected chi connectivity index (χ2v) is 11.7. The molecule has 6 nitrogen and oxygen atoms in total. The molecule has 2 aromatic carbocycles. The number of benzene rings is 2. The maximum atomic E-state index is 4.83. The molecule has 0 spiro atoms. The van der Waals surface area contributed by atoms with Crippen LogP contribution in [0.1, 0.15) is 60.3 Å². The van der Waals surface area contributed by atoms with Crippen LogP contribution in [-0.4, -0.2) is 26.2 Å². The van der Waals surface area contributed by atoms with Crippen molar-refractivity contribution in [1.29, 1.82) is 0 Å². The first-order chi connectivity index (χ1) is 15.6. The van der Waals surface area contributed by atoms with Gasteiger partial charge in [0.15, 0.2) is 0 Å². The van der Waals surface area contributed by atoms with Crippen molar-refractivity contribution in [2.24, 2.45) is 10.1 Å². The lowest BCUT2D eigenvalue weighted by molar-refractivity contribution is 0.437. The summed E-state index contributed by atoms with van der Waals surface area (Å²) in [4.78, 5) is 4.83. The molecule has 3 aromatic rings.